The maximum Gasteiger partial charge on any atom is 0.409 e. The number of likely N-dealkylation sites (tertiary alicyclic amines) is 1. The highest BCUT2D eigenvalue weighted by Crippen LogP contribution is 2.20. The molecule has 94 valence electrons. The van der Waals surface area contributed by atoms with Crippen molar-refractivity contribution >= 4 is 6.09 Å². The molecule has 2 rings (SSSR count). The van der Waals surface area contributed by atoms with Gasteiger partial charge in [0.15, 0.2) is 0 Å². The molecule has 6 heteroatoms. The molecule has 0 radical (unpaired) electrons. The summed E-state index contributed by atoms with van der Waals surface area (Å²) in [7, 11) is 0. The van der Waals surface area contributed by atoms with Crippen molar-refractivity contribution < 1.29 is 9.53 Å². The summed E-state index contributed by atoms with van der Waals surface area (Å²) in [5.41, 5.74) is -0.0143. The van der Waals surface area contributed by atoms with Crippen LogP contribution in [0.4, 0.5) is 4.79 Å². The van der Waals surface area contributed by atoms with Gasteiger partial charge < -0.3 is 14.7 Å². The molecule has 1 N–H and O–H groups in total. The number of aromatic amines is 1. The van der Waals surface area contributed by atoms with E-state index < -0.39 is 0 Å². The molecule has 0 bridgehead atoms. The quantitative estimate of drug-likeness (QED) is 0.836. The van der Waals surface area contributed by atoms with Gasteiger partial charge in [-0.25, -0.2) is 4.79 Å². The van der Waals surface area contributed by atoms with Crippen LogP contribution in [0.15, 0.2) is 17.1 Å². The second-order valence-electron chi connectivity index (χ2n) is 4.09. The number of piperidine rings is 1. The number of aromatic nitrogens is 2. The fourth-order valence-corrected chi connectivity index (χ4v) is 2.14. The van der Waals surface area contributed by atoms with E-state index in [2.05, 4.69) is 5.10 Å². The summed E-state index contributed by atoms with van der Waals surface area (Å²) in [4.78, 5) is 24.6. The maximum absolute atomic E-state index is 11.5. The van der Waals surface area contributed by atoms with Crippen molar-refractivity contribution in [2.75, 3.05) is 19.7 Å². The fraction of sp³-hybridized carbons (Fsp3) is 0.636. The van der Waals surface area contributed by atoms with Crippen LogP contribution < -0.4 is 5.56 Å². The molecule has 0 aromatic carbocycles. The number of hydrogen-bond donors (Lipinski definition) is 1. The van der Waals surface area contributed by atoms with Gasteiger partial charge >= 0.3 is 6.09 Å². The van der Waals surface area contributed by atoms with E-state index in [4.69, 9.17) is 4.74 Å². The van der Waals surface area contributed by atoms with Gasteiger partial charge in [0.1, 0.15) is 0 Å². The van der Waals surface area contributed by atoms with E-state index in [0.29, 0.717) is 19.7 Å². The Hall–Kier alpha value is -1.72. The lowest BCUT2D eigenvalue weighted by Crippen LogP contribution is -2.40. The Labute approximate surface area is 99.1 Å². The van der Waals surface area contributed by atoms with E-state index in [0.717, 1.165) is 12.8 Å². The zero-order chi connectivity index (χ0) is 12.3. The summed E-state index contributed by atoms with van der Waals surface area (Å²) in [5.74, 6) is 0. The monoisotopic (exact) mass is 239 g/mol. The predicted octanol–water partition coefficient (Wildman–Crippen LogP) is 0.970. The molecule has 1 aromatic heterocycles. The van der Waals surface area contributed by atoms with Crippen LogP contribution in [-0.2, 0) is 4.74 Å². The molecule has 0 atom stereocenters. The van der Waals surface area contributed by atoms with Crippen molar-refractivity contribution in [3.05, 3.63) is 22.6 Å². The number of carbonyl (C=O) groups is 1. The van der Waals surface area contributed by atoms with Crippen LogP contribution in [0.3, 0.4) is 0 Å². The Morgan fingerprint density at radius 3 is 2.76 bits per heavy atom. The number of nitrogens with zero attached hydrogens (tertiary/aromatic N) is 2. The van der Waals surface area contributed by atoms with Gasteiger partial charge in [-0.1, -0.05) is 0 Å². The number of ether oxygens (including phenoxy) is 1. The summed E-state index contributed by atoms with van der Waals surface area (Å²) < 4.78 is 6.57. The second-order valence-corrected chi connectivity index (χ2v) is 4.09. The Balaban J connectivity index is 1.92. The van der Waals surface area contributed by atoms with Crippen molar-refractivity contribution in [1.82, 2.24) is 14.7 Å². The van der Waals surface area contributed by atoms with Crippen LogP contribution >= 0.6 is 0 Å². The first-order valence-electron chi connectivity index (χ1n) is 5.90. The molecule has 6 nitrogen and oxygen atoms in total. The van der Waals surface area contributed by atoms with Gasteiger partial charge in [-0.2, -0.15) is 0 Å². The average molecular weight is 239 g/mol. The van der Waals surface area contributed by atoms with Gasteiger partial charge in [-0.3, -0.25) is 9.48 Å². The van der Waals surface area contributed by atoms with E-state index in [1.165, 1.54) is 6.07 Å². The van der Waals surface area contributed by atoms with Crippen molar-refractivity contribution in [1.29, 1.82) is 0 Å². The molecule has 1 amide bonds. The molecule has 2 heterocycles. The summed E-state index contributed by atoms with van der Waals surface area (Å²) >= 11 is 0. The van der Waals surface area contributed by atoms with Crippen molar-refractivity contribution in [2.24, 2.45) is 0 Å². The third-order valence-corrected chi connectivity index (χ3v) is 3.03. The van der Waals surface area contributed by atoms with Gasteiger partial charge in [0.25, 0.3) is 5.56 Å². The molecule has 17 heavy (non-hydrogen) atoms. The number of rotatable bonds is 2. The van der Waals surface area contributed by atoms with E-state index >= 15 is 0 Å². The highest BCUT2D eigenvalue weighted by Gasteiger charge is 2.25. The minimum absolute atomic E-state index is 0.0143. The highest BCUT2D eigenvalue weighted by atomic mass is 16.6. The SMILES string of the molecule is CCOC(=O)N1CCC(n2[nH]ccc2=O)CC1. The number of H-pyrrole nitrogens is 1. The lowest BCUT2D eigenvalue weighted by atomic mass is 10.1. The third kappa shape index (κ3) is 2.51. The topological polar surface area (TPSA) is 67.3 Å². The summed E-state index contributed by atoms with van der Waals surface area (Å²) in [6.45, 7) is 3.46. The number of carbonyl (C=O) groups excluding carboxylic acids is 1. The van der Waals surface area contributed by atoms with Crippen LogP contribution in [0.2, 0.25) is 0 Å². The third-order valence-electron chi connectivity index (χ3n) is 3.03. The second kappa shape index (κ2) is 5.07. The zero-order valence-corrected chi connectivity index (χ0v) is 9.89. The maximum atomic E-state index is 11.5. The molecule has 1 saturated heterocycles. The first kappa shape index (κ1) is 11.8. The zero-order valence-electron chi connectivity index (χ0n) is 9.89. The Morgan fingerprint density at radius 2 is 2.24 bits per heavy atom. The Morgan fingerprint density at radius 1 is 1.53 bits per heavy atom. The predicted molar refractivity (Wildman–Crippen MR) is 61.9 cm³/mol. The molecule has 0 unspecified atom stereocenters. The first-order valence-corrected chi connectivity index (χ1v) is 5.90. The van der Waals surface area contributed by atoms with E-state index in [9.17, 15) is 9.59 Å². The molecular formula is C11H17N3O3. The summed E-state index contributed by atoms with van der Waals surface area (Å²) in [6, 6.07) is 1.67. The van der Waals surface area contributed by atoms with Crippen LogP contribution in [0, 0.1) is 0 Å². The van der Waals surface area contributed by atoms with Gasteiger partial charge in [0, 0.05) is 25.4 Å². The lowest BCUT2D eigenvalue weighted by molar-refractivity contribution is 0.0913. The molecular weight excluding hydrogens is 222 g/mol. The molecule has 1 aliphatic heterocycles. The lowest BCUT2D eigenvalue weighted by Gasteiger charge is -2.31. The van der Waals surface area contributed by atoms with E-state index in [1.54, 1.807) is 22.7 Å². The number of amides is 1. The number of nitrogens with one attached hydrogen (secondary N) is 1. The molecule has 0 saturated carbocycles. The summed E-state index contributed by atoms with van der Waals surface area (Å²) in [5, 5.41) is 2.91. The minimum Gasteiger partial charge on any atom is -0.450 e. The molecule has 1 aromatic rings. The van der Waals surface area contributed by atoms with Gasteiger partial charge in [0.05, 0.1) is 12.6 Å². The standard InChI is InChI=1S/C11H17N3O3/c1-2-17-11(16)13-7-4-9(5-8-13)14-10(15)3-6-12-14/h3,6,9,12H,2,4-5,7-8H2,1H3. The van der Waals surface area contributed by atoms with Crippen LogP contribution in [0.5, 0.6) is 0 Å². The summed E-state index contributed by atoms with van der Waals surface area (Å²) in [6.07, 6.45) is 2.93. The fourth-order valence-electron chi connectivity index (χ4n) is 2.14. The minimum atomic E-state index is -0.259. The largest absolute Gasteiger partial charge is 0.450 e. The Bertz CT molecular complexity index is 429. The van der Waals surface area contributed by atoms with Gasteiger partial charge in [-0.05, 0) is 19.8 Å². The van der Waals surface area contributed by atoms with Crippen molar-refractivity contribution in [3.8, 4) is 0 Å². The van der Waals surface area contributed by atoms with Gasteiger partial charge in [0.2, 0.25) is 0 Å². The molecule has 1 aliphatic rings. The normalized spacial score (nSPS) is 17.1. The van der Waals surface area contributed by atoms with Crippen LogP contribution in [0.25, 0.3) is 0 Å². The molecule has 1 fully saturated rings. The average Bonchev–Trinajstić information content (AvgIpc) is 2.76. The van der Waals surface area contributed by atoms with E-state index in [-0.39, 0.29) is 17.7 Å². The first-order chi connectivity index (χ1) is 8.22. The van der Waals surface area contributed by atoms with Crippen LogP contribution in [-0.4, -0.2) is 40.5 Å². The Kier molecular flexibility index (Phi) is 3.51. The highest BCUT2D eigenvalue weighted by molar-refractivity contribution is 5.67. The van der Waals surface area contributed by atoms with Gasteiger partial charge in [-0.15, -0.1) is 0 Å². The van der Waals surface area contributed by atoms with Crippen molar-refractivity contribution in [3.63, 3.8) is 0 Å². The van der Waals surface area contributed by atoms with E-state index in [1.807, 2.05) is 0 Å². The molecule has 0 spiro atoms. The van der Waals surface area contributed by atoms with Crippen LogP contribution in [0.1, 0.15) is 25.8 Å². The van der Waals surface area contributed by atoms with Crippen molar-refractivity contribution in [2.45, 2.75) is 25.8 Å². The molecule has 0 aliphatic carbocycles. The number of hydrogen-bond acceptors (Lipinski definition) is 3. The smallest absolute Gasteiger partial charge is 0.409 e.